The number of fused-ring (bicyclic) bond motifs is 1. The first-order valence-electron chi connectivity index (χ1n) is 5.39. The van der Waals surface area contributed by atoms with Crippen molar-refractivity contribution < 1.29 is 0 Å². The quantitative estimate of drug-likeness (QED) is 0.599. The van der Waals surface area contributed by atoms with Crippen molar-refractivity contribution in [2.24, 2.45) is 5.73 Å². The second-order valence-electron chi connectivity index (χ2n) is 3.80. The molecule has 7 heteroatoms. The lowest BCUT2D eigenvalue weighted by atomic mass is 10.2. The van der Waals surface area contributed by atoms with Crippen LogP contribution in [0.15, 0.2) is 24.7 Å². The number of nitrogen functional groups attached to an aromatic ring is 1. The molecule has 90 valence electrons. The zero-order valence-electron chi connectivity index (χ0n) is 9.46. The molecular weight excluding hydrogens is 230 g/mol. The largest absolute Gasteiger partial charge is 0.382 e. The second kappa shape index (κ2) is 4.04. The highest BCUT2D eigenvalue weighted by Crippen LogP contribution is 2.19. The average Bonchev–Trinajstić information content (AvgIpc) is 2.84. The number of hydrogen-bond acceptors (Lipinski definition) is 6. The van der Waals surface area contributed by atoms with E-state index in [1.165, 1.54) is 6.33 Å². The van der Waals surface area contributed by atoms with Crippen molar-refractivity contribution >= 4 is 17.0 Å². The van der Waals surface area contributed by atoms with Gasteiger partial charge in [0, 0.05) is 12.7 Å². The van der Waals surface area contributed by atoms with Gasteiger partial charge in [-0.1, -0.05) is 6.07 Å². The maximum absolute atomic E-state index is 5.73. The van der Waals surface area contributed by atoms with Gasteiger partial charge in [0.2, 0.25) is 0 Å². The lowest BCUT2D eigenvalue weighted by Crippen LogP contribution is -1.97. The number of nitrogens with two attached hydrogens (primary N) is 2. The molecule has 0 aliphatic rings. The van der Waals surface area contributed by atoms with Crippen LogP contribution in [0.3, 0.4) is 0 Å². The van der Waals surface area contributed by atoms with E-state index >= 15 is 0 Å². The summed E-state index contributed by atoms with van der Waals surface area (Å²) in [6, 6.07) is 3.76. The maximum Gasteiger partial charge on any atom is 0.183 e. The lowest BCUT2D eigenvalue weighted by molar-refractivity contribution is 1.05. The van der Waals surface area contributed by atoms with Gasteiger partial charge in [-0.05, 0) is 11.6 Å². The summed E-state index contributed by atoms with van der Waals surface area (Å²) in [7, 11) is 0. The molecule has 3 aromatic rings. The van der Waals surface area contributed by atoms with E-state index in [-0.39, 0.29) is 0 Å². The summed E-state index contributed by atoms with van der Waals surface area (Å²) in [5.41, 5.74) is 14.1. The number of imidazole rings is 1. The van der Waals surface area contributed by atoms with E-state index in [0.717, 1.165) is 5.56 Å². The van der Waals surface area contributed by atoms with Crippen LogP contribution in [0.2, 0.25) is 0 Å². The van der Waals surface area contributed by atoms with Crippen LogP contribution in [0.25, 0.3) is 22.7 Å². The van der Waals surface area contributed by atoms with Crippen LogP contribution in [-0.4, -0.2) is 24.9 Å². The Labute approximate surface area is 102 Å². The van der Waals surface area contributed by atoms with Gasteiger partial charge in [0.15, 0.2) is 17.3 Å². The third kappa shape index (κ3) is 1.66. The number of anilines is 1. The Morgan fingerprint density at radius 1 is 1.17 bits per heavy atom. The van der Waals surface area contributed by atoms with E-state index in [9.17, 15) is 0 Å². The highest BCUT2D eigenvalue weighted by Gasteiger charge is 2.09. The summed E-state index contributed by atoms with van der Waals surface area (Å²) < 4.78 is 0. The minimum Gasteiger partial charge on any atom is -0.382 e. The summed E-state index contributed by atoms with van der Waals surface area (Å²) in [5.74, 6) is 0.984. The van der Waals surface area contributed by atoms with Crippen molar-refractivity contribution in [3.8, 4) is 11.5 Å². The summed E-state index contributed by atoms with van der Waals surface area (Å²) in [4.78, 5) is 19.6. The first-order chi connectivity index (χ1) is 8.78. The normalized spacial score (nSPS) is 10.9. The number of aromatic amines is 1. The molecule has 18 heavy (non-hydrogen) atoms. The summed E-state index contributed by atoms with van der Waals surface area (Å²) in [6.07, 6.45) is 3.10. The average molecular weight is 241 g/mol. The summed E-state index contributed by atoms with van der Waals surface area (Å²) in [6.45, 7) is 0.464. The Morgan fingerprint density at radius 2 is 2.06 bits per heavy atom. The van der Waals surface area contributed by atoms with Crippen LogP contribution in [0.4, 0.5) is 5.82 Å². The fourth-order valence-corrected chi connectivity index (χ4v) is 1.65. The molecule has 7 nitrogen and oxygen atoms in total. The molecular formula is C11H11N7. The van der Waals surface area contributed by atoms with Crippen molar-refractivity contribution in [1.29, 1.82) is 0 Å². The molecule has 0 aliphatic carbocycles. The van der Waals surface area contributed by atoms with Crippen LogP contribution < -0.4 is 11.5 Å². The maximum atomic E-state index is 5.73. The zero-order chi connectivity index (χ0) is 12.5. The number of H-pyrrole nitrogens is 1. The highest BCUT2D eigenvalue weighted by molar-refractivity contribution is 5.83. The van der Waals surface area contributed by atoms with Gasteiger partial charge >= 0.3 is 0 Å². The van der Waals surface area contributed by atoms with Gasteiger partial charge in [0.05, 0.1) is 0 Å². The van der Waals surface area contributed by atoms with Gasteiger partial charge in [-0.25, -0.2) is 15.0 Å². The molecule has 0 spiro atoms. The number of rotatable bonds is 2. The Kier molecular flexibility index (Phi) is 2.38. The van der Waals surface area contributed by atoms with Gasteiger partial charge in [-0.15, -0.1) is 0 Å². The summed E-state index contributed by atoms with van der Waals surface area (Å²) in [5, 5.41) is 0. The highest BCUT2D eigenvalue weighted by atomic mass is 15.1. The fourth-order valence-electron chi connectivity index (χ4n) is 1.65. The molecule has 0 saturated carbocycles. The summed E-state index contributed by atoms with van der Waals surface area (Å²) >= 11 is 0. The molecule has 5 N–H and O–H groups in total. The molecule has 3 rings (SSSR count). The minimum atomic E-state index is 0.373. The number of pyridine rings is 1. The lowest BCUT2D eigenvalue weighted by Gasteiger charge is -1.97. The van der Waals surface area contributed by atoms with Crippen molar-refractivity contribution in [3.63, 3.8) is 0 Å². The molecule has 0 aromatic carbocycles. The topological polar surface area (TPSA) is 119 Å². The third-order valence-electron chi connectivity index (χ3n) is 2.62. The minimum absolute atomic E-state index is 0.373. The number of hydrogen-bond donors (Lipinski definition) is 3. The smallest absolute Gasteiger partial charge is 0.183 e. The van der Waals surface area contributed by atoms with Gasteiger partial charge in [-0.2, -0.15) is 0 Å². The Hall–Kier alpha value is -2.54. The predicted molar refractivity (Wildman–Crippen MR) is 67.2 cm³/mol. The van der Waals surface area contributed by atoms with Crippen LogP contribution in [0, 0.1) is 0 Å². The van der Waals surface area contributed by atoms with Gasteiger partial charge in [-0.3, -0.25) is 4.98 Å². The molecule has 3 aromatic heterocycles. The molecule has 0 radical (unpaired) electrons. The molecule has 0 fully saturated rings. The van der Waals surface area contributed by atoms with Crippen molar-refractivity contribution in [2.75, 3.05) is 5.73 Å². The van der Waals surface area contributed by atoms with E-state index in [2.05, 4.69) is 24.9 Å². The van der Waals surface area contributed by atoms with Crippen LogP contribution in [-0.2, 0) is 6.54 Å². The van der Waals surface area contributed by atoms with Crippen LogP contribution >= 0.6 is 0 Å². The molecule has 0 saturated heterocycles. The standard InChI is InChI=1S/C11H11N7/c12-3-6-1-2-7(14-4-6)10-17-8-9(13)15-5-16-11(8)18-10/h1-2,4-5H,3,12H2,(H3,13,15,16,17,18). The predicted octanol–water partition coefficient (Wildman–Crippen LogP) is 0.456. The number of nitrogens with one attached hydrogen (secondary N) is 1. The fraction of sp³-hybridized carbons (Fsp3) is 0.0909. The second-order valence-corrected chi connectivity index (χ2v) is 3.80. The molecule has 0 atom stereocenters. The SMILES string of the molecule is NCc1ccc(-c2nc3ncnc(N)c3[nH]2)nc1. The van der Waals surface area contributed by atoms with Crippen LogP contribution in [0.1, 0.15) is 5.56 Å². The number of aromatic nitrogens is 5. The molecule has 3 heterocycles. The monoisotopic (exact) mass is 241 g/mol. The van der Waals surface area contributed by atoms with E-state index in [0.29, 0.717) is 35.0 Å². The Bertz CT molecular complexity index is 686. The van der Waals surface area contributed by atoms with E-state index in [1.54, 1.807) is 6.20 Å². The van der Waals surface area contributed by atoms with Gasteiger partial charge < -0.3 is 16.5 Å². The Morgan fingerprint density at radius 3 is 2.72 bits per heavy atom. The van der Waals surface area contributed by atoms with Crippen molar-refractivity contribution in [2.45, 2.75) is 6.54 Å². The van der Waals surface area contributed by atoms with E-state index < -0.39 is 0 Å². The van der Waals surface area contributed by atoms with E-state index in [1.807, 2.05) is 12.1 Å². The first-order valence-corrected chi connectivity index (χ1v) is 5.39. The third-order valence-corrected chi connectivity index (χ3v) is 2.62. The molecule has 0 bridgehead atoms. The van der Waals surface area contributed by atoms with Gasteiger partial charge in [0.1, 0.15) is 17.5 Å². The van der Waals surface area contributed by atoms with E-state index in [4.69, 9.17) is 11.5 Å². The molecule has 0 unspecified atom stereocenters. The van der Waals surface area contributed by atoms with Crippen LogP contribution in [0.5, 0.6) is 0 Å². The zero-order valence-corrected chi connectivity index (χ0v) is 9.46. The first kappa shape index (κ1) is 10.6. The molecule has 0 amide bonds. The number of nitrogens with zero attached hydrogens (tertiary/aromatic N) is 4. The molecule has 0 aliphatic heterocycles. The van der Waals surface area contributed by atoms with Gasteiger partial charge in [0.25, 0.3) is 0 Å². The Balaban J connectivity index is 2.10. The van der Waals surface area contributed by atoms with Crippen molar-refractivity contribution in [3.05, 3.63) is 30.2 Å². The van der Waals surface area contributed by atoms with Crippen molar-refractivity contribution in [1.82, 2.24) is 24.9 Å².